The lowest BCUT2D eigenvalue weighted by molar-refractivity contribution is -0.738. The van der Waals surface area contributed by atoms with Crippen molar-refractivity contribution in [1.29, 1.82) is 0 Å². The molecule has 4 aromatic rings. The third-order valence-corrected chi connectivity index (χ3v) is 11.8. The molecule has 0 saturated carbocycles. The lowest BCUT2D eigenvalue weighted by Crippen LogP contribution is -2.62. The number of halogens is 6. The van der Waals surface area contributed by atoms with Crippen LogP contribution in [0.4, 0.5) is 37.0 Å². The van der Waals surface area contributed by atoms with Gasteiger partial charge in [0.1, 0.15) is 22.6 Å². The van der Waals surface area contributed by atoms with Gasteiger partial charge in [-0.15, -0.1) is 3.89 Å². The van der Waals surface area contributed by atoms with Gasteiger partial charge < -0.3 is 10.2 Å². The molecule has 0 radical (unpaired) electrons. The number of quaternary nitrogens is 1. The van der Waals surface area contributed by atoms with Crippen LogP contribution in [0.5, 0.6) is 0 Å². The third-order valence-electron chi connectivity index (χ3n) is 9.43. The Balaban J connectivity index is 1.29. The van der Waals surface area contributed by atoms with Crippen LogP contribution < -0.4 is 10.2 Å². The molecule has 2 atom stereocenters. The number of hydrogen-bond acceptors (Lipinski definition) is 6. The summed E-state index contributed by atoms with van der Waals surface area (Å²) in [7, 11) is -4.80. The first-order chi connectivity index (χ1) is 24.1. The monoisotopic (exact) mass is 732 g/mol. The Morgan fingerprint density at radius 2 is 1.57 bits per heavy atom. The smallest absolute Gasteiger partial charge is 0.354 e. The number of carbonyl (C=O) groups is 1. The number of nitrogens with zero attached hydrogens (tertiary/aromatic N) is 4. The lowest BCUT2D eigenvalue weighted by atomic mass is 10.1. The number of urea groups is 1. The van der Waals surface area contributed by atoms with Gasteiger partial charge in [-0.25, -0.2) is 22.9 Å². The van der Waals surface area contributed by atoms with Gasteiger partial charge in [0.15, 0.2) is 6.54 Å². The van der Waals surface area contributed by atoms with Gasteiger partial charge in [0.2, 0.25) is 0 Å². The largest absolute Gasteiger partial charge is 0.432 e. The summed E-state index contributed by atoms with van der Waals surface area (Å²) in [5.74, 6) is -3.73. The summed E-state index contributed by atoms with van der Waals surface area (Å²) >= 11 is 0. The molecule has 2 aliphatic rings. The molecule has 2 fully saturated rings. The fourth-order valence-corrected chi connectivity index (χ4v) is 8.79. The highest BCUT2D eigenvalue weighted by atomic mass is 32.2. The minimum absolute atomic E-state index is 0.298. The van der Waals surface area contributed by atoms with E-state index in [-0.39, 0.29) is 6.54 Å². The number of rotatable bonds is 8. The third kappa shape index (κ3) is 7.60. The van der Waals surface area contributed by atoms with Crippen LogP contribution in [0.1, 0.15) is 30.0 Å². The van der Waals surface area contributed by atoms with Gasteiger partial charge in [-0.2, -0.15) is 21.6 Å². The second-order valence-electron chi connectivity index (χ2n) is 13.0. The zero-order valence-corrected chi connectivity index (χ0v) is 28.4. The van der Waals surface area contributed by atoms with Crippen molar-refractivity contribution in [3.05, 3.63) is 114 Å². The molecular formula is C36H36F6N5O3S+. The van der Waals surface area contributed by atoms with E-state index in [0.717, 1.165) is 42.9 Å². The summed E-state index contributed by atoms with van der Waals surface area (Å²) in [6.07, 6.45) is -5.41. The van der Waals surface area contributed by atoms with Crippen LogP contribution in [-0.2, 0) is 29.3 Å². The quantitative estimate of drug-likeness (QED) is 0.154. The van der Waals surface area contributed by atoms with E-state index in [1.165, 1.54) is 24.6 Å². The summed E-state index contributed by atoms with van der Waals surface area (Å²) in [5, 5.41) is 2.55. The van der Waals surface area contributed by atoms with Crippen molar-refractivity contribution < 1.29 is 43.4 Å². The number of anilines is 1. The first-order valence-electron chi connectivity index (χ1n) is 16.3. The molecule has 2 saturated heterocycles. The summed E-state index contributed by atoms with van der Waals surface area (Å²) in [5.41, 5.74) is 1.43. The number of benzene rings is 3. The topological polar surface area (TPSA) is 82.6 Å². The van der Waals surface area contributed by atoms with E-state index >= 15 is 0 Å². The highest BCUT2D eigenvalue weighted by Crippen LogP contribution is 2.43. The van der Waals surface area contributed by atoms with Crippen LogP contribution in [0.25, 0.3) is 11.3 Å². The molecule has 0 aliphatic carbocycles. The molecule has 2 amide bonds. The van der Waals surface area contributed by atoms with Gasteiger partial charge in [-0.1, -0.05) is 42.5 Å². The van der Waals surface area contributed by atoms with Crippen LogP contribution in [-0.4, -0.2) is 72.9 Å². The maximum Gasteiger partial charge on any atom is 0.432 e. The number of alkyl halides is 5. The number of piperazine rings is 1. The average Bonchev–Trinajstić information content (AvgIpc) is 3.37. The molecule has 8 nitrogen and oxygen atoms in total. The fraction of sp³-hybridized carbons (Fsp3) is 0.333. The van der Waals surface area contributed by atoms with E-state index < -0.39 is 67.3 Å². The Morgan fingerprint density at radius 1 is 0.922 bits per heavy atom. The number of hydrogen-bond donors (Lipinski definition) is 1. The minimum atomic E-state index is -4.80. The van der Waals surface area contributed by atoms with Gasteiger partial charge in [-0.05, 0) is 66.6 Å². The van der Waals surface area contributed by atoms with Crippen molar-refractivity contribution in [1.82, 2.24) is 15.2 Å². The lowest BCUT2D eigenvalue weighted by Gasteiger charge is -2.36. The standard InChI is InChI=1S/C36H35F6N5O3S/c1-25-21-35(38,39)24-47(25,51(49,50)31-13-11-30(37)12-14-31)34(48)43-22-27-19-32(28-7-9-29(10-8-28)36(40,41)42)44-33(20-27)46-17-15-45(16-18-46)23-26-5-3-2-4-6-26/h2-14,19-20,25H,15-18,21-24H2,1H3/p+1/t25-,47?/m1/s1. The van der Waals surface area contributed by atoms with Gasteiger partial charge >= 0.3 is 28.2 Å². The van der Waals surface area contributed by atoms with Crippen LogP contribution in [0.3, 0.4) is 0 Å². The van der Waals surface area contributed by atoms with Crippen LogP contribution in [0.2, 0.25) is 0 Å². The SMILES string of the molecule is C[C@@H]1CC(F)(F)C[N+]1(C(=O)NCc1cc(-c2ccc(C(F)(F)F)cc2)nc(N2CCN(Cc3ccccc3)CC2)c1)S(=O)(=O)c1ccc(F)cc1. The van der Waals surface area contributed by atoms with E-state index in [2.05, 4.69) is 10.2 Å². The van der Waals surface area contributed by atoms with Crippen molar-refractivity contribution in [3.63, 3.8) is 0 Å². The Labute approximate surface area is 292 Å². The van der Waals surface area contributed by atoms with E-state index in [1.807, 2.05) is 35.2 Å². The van der Waals surface area contributed by atoms with Gasteiger partial charge in [0, 0.05) is 44.8 Å². The van der Waals surface area contributed by atoms with E-state index in [0.29, 0.717) is 48.8 Å². The number of amides is 2. The highest BCUT2D eigenvalue weighted by Gasteiger charge is 2.66. The van der Waals surface area contributed by atoms with Crippen molar-refractivity contribution >= 4 is 21.9 Å². The molecule has 6 rings (SSSR count). The highest BCUT2D eigenvalue weighted by molar-refractivity contribution is 7.86. The van der Waals surface area contributed by atoms with Gasteiger partial charge in [-0.3, -0.25) is 4.90 Å². The molecular weight excluding hydrogens is 696 g/mol. The van der Waals surface area contributed by atoms with Crippen LogP contribution in [0.15, 0.2) is 95.9 Å². The average molecular weight is 733 g/mol. The van der Waals surface area contributed by atoms with Crippen molar-refractivity contribution in [2.45, 2.75) is 49.5 Å². The number of nitrogens with one attached hydrogen (secondary N) is 1. The van der Waals surface area contributed by atoms with Crippen molar-refractivity contribution in [2.24, 2.45) is 0 Å². The number of likely N-dealkylation sites (tertiary alicyclic amines) is 1. The number of aromatic nitrogens is 1. The van der Waals surface area contributed by atoms with Crippen molar-refractivity contribution in [2.75, 3.05) is 37.6 Å². The predicted octanol–water partition coefficient (Wildman–Crippen LogP) is 7.07. The second kappa shape index (κ2) is 13.9. The normalized spacial score (nSPS) is 21.1. The zero-order chi connectivity index (χ0) is 36.6. The molecule has 3 aromatic carbocycles. The molecule has 1 unspecified atom stereocenters. The molecule has 2 aliphatic heterocycles. The Kier molecular flexibility index (Phi) is 9.92. The Hall–Kier alpha value is -4.47. The number of pyridine rings is 1. The molecule has 51 heavy (non-hydrogen) atoms. The first-order valence-corrected chi connectivity index (χ1v) is 17.8. The summed E-state index contributed by atoms with van der Waals surface area (Å²) in [6, 6.07) is 18.8. The number of sulfonamides is 1. The van der Waals surface area contributed by atoms with Crippen LogP contribution >= 0.6 is 0 Å². The van der Waals surface area contributed by atoms with E-state index in [1.54, 1.807) is 12.1 Å². The molecule has 15 heteroatoms. The Bertz CT molecular complexity index is 1970. The summed E-state index contributed by atoms with van der Waals surface area (Å²) in [4.78, 5) is 22.5. The van der Waals surface area contributed by atoms with Crippen molar-refractivity contribution in [3.8, 4) is 11.3 Å². The molecule has 1 aromatic heterocycles. The van der Waals surface area contributed by atoms with E-state index in [9.17, 15) is 39.6 Å². The molecule has 0 spiro atoms. The zero-order valence-electron chi connectivity index (χ0n) is 27.6. The first kappa shape index (κ1) is 36.3. The summed E-state index contributed by atoms with van der Waals surface area (Å²) < 4.78 is 110. The predicted molar refractivity (Wildman–Crippen MR) is 179 cm³/mol. The summed E-state index contributed by atoms with van der Waals surface area (Å²) in [6.45, 7) is 2.93. The van der Waals surface area contributed by atoms with Gasteiger partial charge in [0.25, 0.3) is 0 Å². The van der Waals surface area contributed by atoms with Crippen LogP contribution in [0, 0.1) is 5.82 Å². The second-order valence-corrected chi connectivity index (χ2v) is 15.1. The molecule has 3 heterocycles. The minimum Gasteiger partial charge on any atom is -0.354 e. The molecule has 1 N–H and O–H groups in total. The maximum absolute atomic E-state index is 14.9. The molecule has 0 bridgehead atoms. The molecule has 270 valence electrons. The van der Waals surface area contributed by atoms with E-state index in [4.69, 9.17) is 4.98 Å². The number of carbonyl (C=O) groups excluding carboxylic acids is 1. The fourth-order valence-electron chi connectivity index (χ4n) is 6.74. The van der Waals surface area contributed by atoms with Gasteiger partial charge in [0.05, 0.1) is 17.7 Å². The Morgan fingerprint density at radius 3 is 2.16 bits per heavy atom. The maximum atomic E-state index is 14.9.